The molecule has 1 spiro atoms. The summed E-state index contributed by atoms with van der Waals surface area (Å²) in [5.74, 6) is -0.801. The molecule has 1 fully saturated rings. The van der Waals surface area contributed by atoms with Gasteiger partial charge in [-0.25, -0.2) is 0 Å². The fraction of sp³-hybridized carbons (Fsp3) is 0.429. The maximum absolute atomic E-state index is 11.2. The third-order valence-corrected chi connectivity index (χ3v) is 1.79. The lowest BCUT2D eigenvalue weighted by Crippen LogP contribution is -2.36. The SMILES string of the molecule is [2H]C1=CC(=O)C2(COC(=O)C2)O1. The molecule has 2 rings (SSSR count). The smallest absolute Gasteiger partial charge is 0.310 e. The first-order valence-corrected chi connectivity index (χ1v) is 3.20. The number of carbonyl (C=O) groups excluding carboxylic acids is 2. The third-order valence-electron chi connectivity index (χ3n) is 1.79. The molecule has 0 aromatic rings. The summed E-state index contributed by atoms with van der Waals surface area (Å²) in [6.45, 7) is -0.0659. The van der Waals surface area contributed by atoms with Gasteiger partial charge in [-0.15, -0.1) is 0 Å². The van der Waals surface area contributed by atoms with Crippen LogP contribution in [0.15, 0.2) is 12.3 Å². The summed E-state index contributed by atoms with van der Waals surface area (Å²) in [6, 6.07) is 0. The first-order valence-electron chi connectivity index (χ1n) is 3.70. The highest BCUT2D eigenvalue weighted by Crippen LogP contribution is 2.29. The van der Waals surface area contributed by atoms with Crippen molar-refractivity contribution >= 4 is 11.8 Å². The van der Waals surface area contributed by atoms with Gasteiger partial charge in [-0.3, -0.25) is 9.59 Å². The number of cyclic esters (lactones) is 1. The van der Waals surface area contributed by atoms with E-state index in [-0.39, 0.29) is 25.0 Å². The van der Waals surface area contributed by atoms with Crippen molar-refractivity contribution in [1.82, 2.24) is 0 Å². The van der Waals surface area contributed by atoms with Gasteiger partial charge in [0.25, 0.3) is 0 Å². The largest absolute Gasteiger partial charge is 0.482 e. The van der Waals surface area contributed by atoms with Crippen LogP contribution in [-0.2, 0) is 19.1 Å². The molecule has 4 nitrogen and oxygen atoms in total. The Morgan fingerprint density at radius 2 is 2.45 bits per heavy atom. The molecule has 0 aromatic heterocycles. The minimum atomic E-state index is -1.20. The topological polar surface area (TPSA) is 52.6 Å². The number of hydrogen-bond acceptors (Lipinski definition) is 4. The van der Waals surface area contributed by atoms with Crippen molar-refractivity contribution in [3.63, 3.8) is 0 Å². The minimum absolute atomic E-state index is 0.0659. The Kier molecular flexibility index (Phi) is 0.894. The Bertz CT molecular complexity index is 296. The molecule has 0 bridgehead atoms. The van der Waals surface area contributed by atoms with Crippen LogP contribution in [0.3, 0.4) is 0 Å². The van der Waals surface area contributed by atoms with Gasteiger partial charge < -0.3 is 9.47 Å². The van der Waals surface area contributed by atoms with E-state index in [4.69, 9.17) is 6.11 Å². The lowest BCUT2D eigenvalue weighted by atomic mass is 9.99. The van der Waals surface area contributed by atoms with E-state index in [9.17, 15) is 9.59 Å². The number of rotatable bonds is 0. The van der Waals surface area contributed by atoms with Gasteiger partial charge in [-0.05, 0) is 0 Å². The molecule has 0 N–H and O–H groups in total. The van der Waals surface area contributed by atoms with Crippen molar-refractivity contribution in [2.24, 2.45) is 0 Å². The predicted octanol–water partition coefficient (Wildman–Crippen LogP) is -0.215. The lowest BCUT2D eigenvalue weighted by Gasteiger charge is -2.15. The van der Waals surface area contributed by atoms with E-state index < -0.39 is 11.6 Å². The number of ether oxygens (including phenoxy) is 2. The van der Waals surface area contributed by atoms with Crippen LogP contribution < -0.4 is 0 Å². The van der Waals surface area contributed by atoms with Crippen molar-refractivity contribution < 1.29 is 20.4 Å². The summed E-state index contributed by atoms with van der Waals surface area (Å²) in [5.41, 5.74) is -1.20. The Hall–Kier alpha value is -1.32. The molecule has 2 heterocycles. The predicted molar refractivity (Wildman–Crippen MR) is 33.5 cm³/mol. The van der Waals surface area contributed by atoms with Crippen molar-refractivity contribution in [3.8, 4) is 0 Å². The molecule has 0 radical (unpaired) electrons. The summed E-state index contributed by atoms with van der Waals surface area (Å²) >= 11 is 0. The van der Waals surface area contributed by atoms with Crippen LogP contribution in [0.2, 0.25) is 0 Å². The highest BCUT2D eigenvalue weighted by Gasteiger charge is 2.49. The van der Waals surface area contributed by atoms with Gasteiger partial charge in [0.15, 0.2) is 0 Å². The number of esters is 1. The molecule has 11 heavy (non-hydrogen) atoms. The van der Waals surface area contributed by atoms with E-state index >= 15 is 0 Å². The maximum Gasteiger partial charge on any atom is 0.310 e. The zero-order valence-corrected chi connectivity index (χ0v) is 5.62. The summed E-state index contributed by atoms with van der Waals surface area (Å²) < 4.78 is 16.6. The highest BCUT2D eigenvalue weighted by molar-refractivity contribution is 6.02. The van der Waals surface area contributed by atoms with Gasteiger partial charge in [0.2, 0.25) is 11.4 Å². The standard InChI is InChI=1S/C7H6O4/c8-5-1-2-11-7(5)3-6(9)10-4-7/h1-2H,3-4H2/i2D. The molecule has 2 aliphatic heterocycles. The van der Waals surface area contributed by atoms with Gasteiger partial charge in [-0.2, -0.15) is 0 Å². The van der Waals surface area contributed by atoms with Crippen molar-refractivity contribution in [3.05, 3.63) is 12.3 Å². The summed E-state index contributed by atoms with van der Waals surface area (Å²) in [5, 5.41) is 0. The first-order chi connectivity index (χ1) is 5.62. The van der Waals surface area contributed by atoms with Crippen molar-refractivity contribution in [2.75, 3.05) is 6.61 Å². The van der Waals surface area contributed by atoms with Crippen LogP contribution in [-0.4, -0.2) is 24.0 Å². The van der Waals surface area contributed by atoms with Gasteiger partial charge in [0, 0.05) is 6.08 Å². The number of hydrogen-bond donors (Lipinski definition) is 0. The van der Waals surface area contributed by atoms with Gasteiger partial charge in [-0.1, -0.05) is 0 Å². The van der Waals surface area contributed by atoms with E-state index in [0.717, 1.165) is 6.08 Å². The van der Waals surface area contributed by atoms with Crippen LogP contribution in [0, 0.1) is 0 Å². The van der Waals surface area contributed by atoms with Crippen LogP contribution in [0.1, 0.15) is 7.79 Å². The molecule has 2 aliphatic rings. The monoisotopic (exact) mass is 155 g/mol. The van der Waals surface area contributed by atoms with Crippen molar-refractivity contribution in [1.29, 1.82) is 0 Å². The fourth-order valence-electron chi connectivity index (χ4n) is 1.13. The Balaban J connectivity index is 2.26. The van der Waals surface area contributed by atoms with E-state index in [1.807, 2.05) is 0 Å². The zero-order valence-electron chi connectivity index (χ0n) is 6.62. The lowest BCUT2D eigenvalue weighted by molar-refractivity contribution is -0.137. The zero-order chi connectivity index (χ0) is 8.77. The number of carbonyl (C=O) groups is 2. The molecule has 0 aliphatic carbocycles. The van der Waals surface area contributed by atoms with Gasteiger partial charge in [0.1, 0.15) is 7.98 Å². The molecular weight excluding hydrogens is 148 g/mol. The number of ketones is 1. The molecule has 1 saturated heterocycles. The third kappa shape index (κ3) is 0.753. The molecular formula is C7H6O4. The summed E-state index contributed by atoms with van der Waals surface area (Å²) in [6.07, 6.45) is 0.797. The maximum atomic E-state index is 11.2. The second-order valence-corrected chi connectivity index (χ2v) is 2.56. The fourth-order valence-corrected chi connectivity index (χ4v) is 1.13. The molecule has 58 valence electrons. The minimum Gasteiger partial charge on any atom is -0.482 e. The van der Waals surface area contributed by atoms with Crippen molar-refractivity contribution in [2.45, 2.75) is 12.0 Å². The van der Waals surface area contributed by atoms with Crippen LogP contribution in [0.25, 0.3) is 0 Å². The molecule has 1 unspecified atom stereocenters. The Labute approximate surface area is 64.2 Å². The molecule has 0 aromatic carbocycles. The quantitative estimate of drug-likeness (QED) is 0.454. The Morgan fingerprint density at radius 1 is 1.64 bits per heavy atom. The molecule has 4 heteroatoms. The first kappa shape index (κ1) is 5.35. The summed E-state index contributed by atoms with van der Waals surface area (Å²) in [4.78, 5) is 21.9. The van der Waals surface area contributed by atoms with Gasteiger partial charge in [0.05, 0.1) is 12.7 Å². The van der Waals surface area contributed by atoms with Crippen LogP contribution in [0.5, 0.6) is 0 Å². The van der Waals surface area contributed by atoms with E-state index in [1.54, 1.807) is 0 Å². The average molecular weight is 155 g/mol. The van der Waals surface area contributed by atoms with E-state index in [2.05, 4.69) is 4.74 Å². The highest BCUT2D eigenvalue weighted by atomic mass is 16.6. The van der Waals surface area contributed by atoms with Crippen LogP contribution >= 0.6 is 0 Å². The second-order valence-electron chi connectivity index (χ2n) is 2.56. The second kappa shape index (κ2) is 1.84. The average Bonchev–Trinajstić information content (AvgIpc) is 2.43. The normalized spacial score (nSPS) is 36.7. The Morgan fingerprint density at radius 3 is 2.91 bits per heavy atom. The van der Waals surface area contributed by atoms with Gasteiger partial charge >= 0.3 is 5.97 Å². The summed E-state index contributed by atoms with van der Waals surface area (Å²) in [7, 11) is 0. The van der Waals surface area contributed by atoms with Crippen LogP contribution in [0.4, 0.5) is 0 Å². The van der Waals surface area contributed by atoms with E-state index in [1.165, 1.54) is 0 Å². The molecule has 1 atom stereocenters. The molecule has 0 amide bonds. The molecule has 0 saturated carbocycles. The van der Waals surface area contributed by atoms with E-state index in [0.29, 0.717) is 0 Å².